The van der Waals surface area contributed by atoms with Gasteiger partial charge in [-0.05, 0) is 80.4 Å². The first-order chi connectivity index (χ1) is 26.3. The topological polar surface area (TPSA) is 6.48 Å². The highest BCUT2D eigenvalue weighted by Crippen LogP contribution is 2.49. The van der Waals surface area contributed by atoms with Crippen molar-refractivity contribution in [3.63, 3.8) is 0 Å². The van der Waals surface area contributed by atoms with Crippen LogP contribution in [0.2, 0.25) is 0 Å². The van der Waals surface area contributed by atoms with Gasteiger partial charge in [-0.3, -0.25) is 0 Å². The Morgan fingerprint density at radius 3 is 1.51 bits per heavy atom. The van der Waals surface area contributed by atoms with Gasteiger partial charge < -0.3 is 9.80 Å². The molecular weight excluding hydrogens is 658 g/mol. The lowest BCUT2D eigenvalue weighted by atomic mass is 9.29. The van der Waals surface area contributed by atoms with Gasteiger partial charge >= 0.3 is 0 Å². The van der Waals surface area contributed by atoms with Crippen molar-refractivity contribution in [1.82, 2.24) is 0 Å². The van der Waals surface area contributed by atoms with E-state index < -0.39 is 0 Å². The first-order valence-electron chi connectivity index (χ1n) is 18.4. The summed E-state index contributed by atoms with van der Waals surface area (Å²) in [6, 6.07) is 67.6. The van der Waals surface area contributed by atoms with E-state index in [0.717, 1.165) is 0 Å². The molecule has 0 aliphatic carbocycles. The fourth-order valence-electron chi connectivity index (χ4n) is 9.58. The summed E-state index contributed by atoms with van der Waals surface area (Å²) in [4.78, 5) is 7.86. The van der Waals surface area contributed by atoms with Crippen LogP contribution >= 0.6 is 11.8 Å². The van der Waals surface area contributed by atoms with Gasteiger partial charge in [0.2, 0.25) is 6.71 Å². The van der Waals surface area contributed by atoms with Crippen molar-refractivity contribution in [2.75, 3.05) is 9.80 Å². The van der Waals surface area contributed by atoms with Crippen LogP contribution < -0.4 is 42.6 Å². The highest BCUT2D eigenvalue weighted by molar-refractivity contribution is 8.00. The normalized spacial score (nSPS) is 13.8. The number of nitrogens with zero attached hydrogens (tertiary/aromatic N) is 2. The molecule has 8 aromatic carbocycles. The van der Waals surface area contributed by atoms with Gasteiger partial charge in [-0.15, -0.1) is 0 Å². The van der Waals surface area contributed by atoms with E-state index in [1.165, 1.54) is 98.9 Å². The molecule has 0 amide bonds. The molecule has 0 saturated heterocycles. The lowest BCUT2D eigenvalue weighted by Gasteiger charge is -2.49. The number of para-hydroxylation sites is 4. The van der Waals surface area contributed by atoms with Crippen LogP contribution in [-0.2, 0) is 0 Å². The molecule has 0 spiro atoms. The van der Waals surface area contributed by atoms with E-state index >= 15 is 0 Å². The fraction of sp³-hybridized carbons (Fsp3) is 0. The number of anilines is 6. The van der Waals surface area contributed by atoms with E-state index in [9.17, 15) is 0 Å². The molecule has 0 atom stereocenters. The van der Waals surface area contributed by atoms with Gasteiger partial charge in [0.15, 0.2) is 0 Å². The van der Waals surface area contributed by atoms with Crippen molar-refractivity contribution in [2.45, 2.75) is 9.79 Å². The van der Waals surface area contributed by atoms with Crippen LogP contribution in [0.25, 0.3) is 22.3 Å². The van der Waals surface area contributed by atoms with Crippen LogP contribution in [0.1, 0.15) is 0 Å². The Hall–Kier alpha value is -6.16. The number of hydrogen-bond acceptors (Lipinski definition) is 3. The van der Waals surface area contributed by atoms with E-state index in [4.69, 9.17) is 0 Å². The molecule has 5 heteroatoms. The van der Waals surface area contributed by atoms with Gasteiger partial charge in [-0.2, -0.15) is 0 Å². The third-order valence-electron chi connectivity index (χ3n) is 11.7. The Kier molecular flexibility index (Phi) is 6.20. The molecule has 0 radical (unpaired) electrons. The maximum atomic E-state index is 2.60. The molecule has 0 fully saturated rings. The number of benzene rings is 8. The second kappa shape index (κ2) is 11.2. The summed E-state index contributed by atoms with van der Waals surface area (Å²) >= 11 is 1.93. The van der Waals surface area contributed by atoms with Gasteiger partial charge in [0.1, 0.15) is 0 Å². The zero-order valence-corrected chi connectivity index (χ0v) is 29.6. The predicted molar refractivity (Wildman–Crippen MR) is 227 cm³/mol. The molecule has 4 aliphatic heterocycles. The minimum atomic E-state index is 0.107. The summed E-state index contributed by atoms with van der Waals surface area (Å²) in [5.41, 5.74) is 20.8. The van der Waals surface area contributed by atoms with Crippen LogP contribution in [-0.4, -0.2) is 13.4 Å². The molecule has 0 aromatic heterocycles. The second-order valence-electron chi connectivity index (χ2n) is 14.4. The van der Waals surface area contributed by atoms with Crippen molar-refractivity contribution in [3.05, 3.63) is 182 Å². The molecule has 12 rings (SSSR count). The summed E-state index contributed by atoms with van der Waals surface area (Å²) in [5.74, 6) is 0. The zero-order valence-electron chi connectivity index (χ0n) is 28.8. The van der Waals surface area contributed by atoms with Crippen LogP contribution in [0.3, 0.4) is 0 Å². The molecule has 0 saturated carbocycles. The lowest BCUT2D eigenvalue weighted by Crippen LogP contribution is -2.68. The molecule has 4 aliphatic rings. The minimum Gasteiger partial charge on any atom is -0.312 e. The second-order valence-corrected chi connectivity index (χ2v) is 15.5. The van der Waals surface area contributed by atoms with E-state index in [1.807, 2.05) is 11.8 Å². The van der Waals surface area contributed by atoms with Crippen LogP contribution in [0.5, 0.6) is 0 Å². The standard InChI is InChI=1S/C48H30B2N2S/c1-2-14-31(15-3-1)32-26-28-33(29-27-32)34-16-4-9-21-39(34)51-40-22-10-5-17-35(40)49-36-18-6-11-23-41(36)52-42-24-12-7-19-37(42)50-38-20-8-13-25-44(38)53-45-30-43(51)46(49)48(52)47(45)50/h1-30H. The van der Waals surface area contributed by atoms with Crippen molar-refractivity contribution < 1.29 is 0 Å². The molecule has 244 valence electrons. The van der Waals surface area contributed by atoms with E-state index in [1.54, 1.807) is 0 Å². The molecule has 53 heavy (non-hydrogen) atoms. The summed E-state index contributed by atoms with van der Waals surface area (Å²) < 4.78 is 0. The van der Waals surface area contributed by atoms with E-state index in [-0.39, 0.29) is 13.4 Å². The Morgan fingerprint density at radius 2 is 0.830 bits per heavy atom. The average Bonchev–Trinajstić information content (AvgIpc) is 3.23. The summed E-state index contributed by atoms with van der Waals surface area (Å²) in [6.07, 6.45) is 0. The van der Waals surface area contributed by atoms with Crippen molar-refractivity contribution >= 4 is 92.1 Å². The maximum absolute atomic E-state index is 2.60. The van der Waals surface area contributed by atoms with Gasteiger partial charge in [0.25, 0.3) is 6.71 Å². The van der Waals surface area contributed by atoms with Crippen LogP contribution in [0, 0.1) is 0 Å². The monoisotopic (exact) mass is 688 g/mol. The molecule has 8 aromatic rings. The van der Waals surface area contributed by atoms with E-state index in [0.29, 0.717) is 0 Å². The molecular formula is C48H30B2N2S. The third kappa shape index (κ3) is 4.09. The van der Waals surface area contributed by atoms with Crippen molar-refractivity contribution in [2.24, 2.45) is 0 Å². The molecule has 0 N–H and O–H groups in total. The van der Waals surface area contributed by atoms with Crippen molar-refractivity contribution in [3.8, 4) is 22.3 Å². The maximum Gasteiger partial charge on any atom is 0.252 e. The predicted octanol–water partition coefficient (Wildman–Crippen LogP) is 8.40. The van der Waals surface area contributed by atoms with Crippen LogP contribution in [0.15, 0.2) is 192 Å². The number of fused-ring (bicyclic) bond motifs is 10. The zero-order chi connectivity index (χ0) is 34.6. The van der Waals surface area contributed by atoms with Gasteiger partial charge in [0, 0.05) is 43.8 Å². The van der Waals surface area contributed by atoms with Gasteiger partial charge in [-0.25, -0.2) is 0 Å². The van der Waals surface area contributed by atoms with Gasteiger partial charge in [-0.1, -0.05) is 163 Å². The quantitative estimate of drug-likeness (QED) is 0.172. The molecule has 4 heterocycles. The Balaban J connectivity index is 1.15. The summed E-state index contributed by atoms with van der Waals surface area (Å²) in [7, 11) is 0. The Morgan fingerprint density at radius 1 is 0.340 bits per heavy atom. The fourth-order valence-corrected chi connectivity index (χ4v) is 10.8. The first kappa shape index (κ1) is 29.4. The highest BCUT2D eigenvalue weighted by Gasteiger charge is 2.50. The SMILES string of the molecule is c1ccc(-c2ccc(-c3ccccc3N3c4ccccc4B4c5ccccc5N5c6ccccc6B6c7ccccc7Sc7cc3c4c5c76)cc2)cc1. The van der Waals surface area contributed by atoms with Crippen LogP contribution in [0.4, 0.5) is 34.1 Å². The molecule has 2 nitrogen and oxygen atoms in total. The molecule has 0 bridgehead atoms. The summed E-state index contributed by atoms with van der Waals surface area (Å²) in [6.45, 7) is 0.276. The van der Waals surface area contributed by atoms with E-state index in [2.05, 4.69) is 192 Å². The number of hydrogen-bond donors (Lipinski definition) is 0. The lowest BCUT2D eigenvalue weighted by molar-refractivity contribution is 1.23. The highest BCUT2D eigenvalue weighted by atomic mass is 32.2. The average molecular weight is 688 g/mol. The largest absolute Gasteiger partial charge is 0.312 e. The first-order valence-corrected chi connectivity index (χ1v) is 19.2. The Labute approximate surface area is 314 Å². The molecule has 0 unspecified atom stereocenters. The van der Waals surface area contributed by atoms with Crippen molar-refractivity contribution in [1.29, 1.82) is 0 Å². The smallest absolute Gasteiger partial charge is 0.252 e. The Bertz CT molecular complexity index is 2790. The summed E-state index contributed by atoms with van der Waals surface area (Å²) in [5, 5.41) is 0. The minimum absolute atomic E-state index is 0.107. The number of rotatable bonds is 3. The third-order valence-corrected chi connectivity index (χ3v) is 12.9. The van der Waals surface area contributed by atoms with Gasteiger partial charge in [0.05, 0.1) is 5.69 Å².